The molecular weight excluding hydrogens is 256 g/mol. The topological polar surface area (TPSA) is 82.3 Å². The Kier molecular flexibility index (Phi) is 4.24. The lowest BCUT2D eigenvalue weighted by Crippen LogP contribution is -2.13. The van der Waals surface area contributed by atoms with Crippen molar-refractivity contribution >= 4 is 11.5 Å². The summed E-state index contributed by atoms with van der Waals surface area (Å²) < 4.78 is 10.7. The van der Waals surface area contributed by atoms with E-state index in [4.69, 9.17) is 15.2 Å². The van der Waals surface area contributed by atoms with E-state index in [0.29, 0.717) is 23.1 Å². The van der Waals surface area contributed by atoms with Crippen LogP contribution in [-0.2, 0) is 0 Å². The summed E-state index contributed by atoms with van der Waals surface area (Å²) in [4.78, 5) is 8.16. The standard InChI is InChI=1S/C14H18N4O2/c1-9(2)18-13-12(15)14(17-8-16-13)20-11-6-4-10(19-3)5-7-11/h4-9H,15H2,1-3H3,(H,16,17,18). The molecule has 106 valence electrons. The van der Waals surface area contributed by atoms with Crippen molar-refractivity contribution in [2.45, 2.75) is 19.9 Å². The van der Waals surface area contributed by atoms with Crippen LogP contribution < -0.4 is 20.5 Å². The summed E-state index contributed by atoms with van der Waals surface area (Å²) in [7, 11) is 1.61. The van der Waals surface area contributed by atoms with Crippen molar-refractivity contribution in [2.24, 2.45) is 0 Å². The minimum atomic E-state index is 0.223. The summed E-state index contributed by atoms with van der Waals surface area (Å²) in [6, 6.07) is 7.41. The fourth-order valence-corrected chi connectivity index (χ4v) is 1.60. The van der Waals surface area contributed by atoms with Crippen LogP contribution >= 0.6 is 0 Å². The molecule has 0 saturated heterocycles. The van der Waals surface area contributed by atoms with Crippen molar-refractivity contribution in [2.75, 3.05) is 18.2 Å². The predicted molar refractivity (Wildman–Crippen MR) is 78.3 cm³/mol. The zero-order valence-electron chi connectivity index (χ0n) is 11.8. The number of benzene rings is 1. The van der Waals surface area contributed by atoms with Gasteiger partial charge in [-0.3, -0.25) is 0 Å². The summed E-state index contributed by atoms with van der Waals surface area (Å²) in [5.74, 6) is 2.29. The van der Waals surface area contributed by atoms with Gasteiger partial charge in [0.2, 0.25) is 5.88 Å². The van der Waals surface area contributed by atoms with Crippen LogP contribution in [0.5, 0.6) is 17.4 Å². The van der Waals surface area contributed by atoms with Gasteiger partial charge >= 0.3 is 0 Å². The SMILES string of the molecule is COc1ccc(Oc2ncnc(NC(C)C)c2N)cc1. The number of ether oxygens (including phenoxy) is 2. The van der Waals surface area contributed by atoms with Crippen LogP contribution in [0.3, 0.4) is 0 Å². The summed E-state index contributed by atoms with van der Waals surface area (Å²) in [5, 5.41) is 3.14. The smallest absolute Gasteiger partial charge is 0.248 e. The molecule has 0 saturated carbocycles. The Balaban J connectivity index is 2.20. The monoisotopic (exact) mass is 274 g/mol. The first-order valence-electron chi connectivity index (χ1n) is 6.29. The van der Waals surface area contributed by atoms with Crippen molar-refractivity contribution in [1.82, 2.24) is 9.97 Å². The number of nitrogens with zero attached hydrogens (tertiary/aromatic N) is 2. The number of nitrogen functional groups attached to an aromatic ring is 1. The lowest BCUT2D eigenvalue weighted by atomic mass is 10.3. The molecule has 0 spiro atoms. The molecule has 3 N–H and O–H groups in total. The van der Waals surface area contributed by atoms with Gasteiger partial charge in [-0.2, -0.15) is 4.98 Å². The Morgan fingerprint density at radius 1 is 1.10 bits per heavy atom. The Bertz CT molecular complexity index is 570. The fourth-order valence-electron chi connectivity index (χ4n) is 1.60. The highest BCUT2D eigenvalue weighted by Crippen LogP contribution is 2.30. The van der Waals surface area contributed by atoms with E-state index in [1.54, 1.807) is 31.4 Å². The van der Waals surface area contributed by atoms with Crippen LogP contribution in [0.15, 0.2) is 30.6 Å². The second-order valence-electron chi connectivity index (χ2n) is 4.52. The zero-order valence-corrected chi connectivity index (χ0v) is 11.8. The summed E-state index contributed by atoms with van der Waals surface area (Å²) in [6.45, 7) is 4.01. The minimum absolute atomic E-state index is 0.223. The maximum Gasteiger partial charge on any atom is 0.248 e. The lowest BCUT2D eigenvalue weighted by Gasteiger charge is -2.13. The molecule has 2 aromatic rings. The first-order chi connectivity index (χ1) is 9.60. The molecule has 0 atom stereocenters. The van der Waals surface area contributed by atoms with Crippen LogP contribution in [0.4, 0.5) is 11.5 Å². The molecule has 0 aliphatic heterocycles. The number of hydrogen-bond donors (Lipinski definition) is 2. The number of nitrogens with one attached hydrogen (secondary N) is 1. The van der Waals surface area contributed by atoms with Crippen molar-refractivity contribution in [3.63, 3.8) is 0 Å². The van der Waals surface area contributed by atoms with Crippen molar-refractivity contribution in [3.8, 4) is 17.4 Å². The first kappa shape index (κ1) is 13.9. The van der Waals surface area contributed by atoms with Gasteiger partial charge in [0.1, 0.15) is 23.5 Å². The van der Waals surface area contributed by atoms with E-state index >= 15 is 0 Å². The number of nitrogens with two attached hydrogens (primary N) is 1. The van der Waals surface area contributed by atoms with Gasteiger partial charge in [-0.1, -0.05) is 0 Å². The third-order valence-corrected chi connectivity index (χ3v) is 2.55. The third kappa shape index (κ3) is 3.28. The van der Waals surface area contributed by atoms with E-state index in [0.717, 1.165) is 5.75 Å². The molecule has 1 aromatic heterocycles. The molecule has 0 bridgehead atoms. The highest BCUT2D eigenvalue weighted by Gasteiger charge is 2.11. The van der Waals surface area contributed by atoms with E-state index < -0.39 is 0 Å². The molecule has 0 unspecified atom stereocenters. The Morgan fingerprint density at radius 2 is 1.75 bits per heavy atom. The molecule has 6 heteroatoms. The maximum absolute atomic E-state index is 6.00. The van der Waals surface area contributed by atoms with Gasteiger partial charge < -0.3 is 20.5 Å². The first-order valence-corrected chi connectivity index (χ1v) is 6.29. The van der Waals surface area contributed by atoms with Crippen molar-refractivity contribution in [3.05, 3.63) is 30.6 Å². The molecule has 0 radical (unpaired) electrons. The molecule has 0 aliphatic rings. The van der Waals surface area contributed by atoms with Gasteiger partial charge in [-0.05, 0) is 38.1 Å². The largest absolute Gasteiger partial charge is 0.497 e. The summed E-state index contributed by atoms with van der Waals surface area (Å²) >= 11 is 0. The molecule has 1 aromatic carbocycles. The second-order valence-corrected chi connectivity index (χ2v) is 4.52. The zero-order chi connectivity index (χ0) is 14.5. The minimum Gasteiger partial charge on any atom is -0.497 e. The van der Waals surface area contributed by atoms with E-state index in [2.05, 4.69) is 15.3 Å². The van der Waals surface area contributed by atoms with E-state index in [1.807, 2.05) is 13.8 Å². The molecule has 6 nitrogen and oxygen atoms in total. The van der Waals surface area contributed by atoms with Crippen LogP contribution in [0.25, 0.3) is 0 Å². The van der Waals surface area contributed by atoms with Crippen molar-refractivity contribution in [1.29, 1.82) is 0 Å². The normalized spacial score (nSPS) is 10.4. The van der Waals surface area contributed by atoms with E-state index in [-0.39, 0.29) is 6.04 Å². The number of methoxy groups -OCH3 is 1. The summed E-state index contributed by atoms with van der Waals surface area (Å²) in [6.07, 6.45) is 1.42. The van der Waals surface area contributed by atoms with Crippen LogP contribution in [0.2, 0.25) is 0 Å². The van der Waals surface area contributed by atoms with Gasteiger partial charge in [0.15, 0.2) is 5.82 Å². The Hall–Kier alpha value is -2.50. The average molecular weight is 274 g/mol. The molecular formula is C14H18N4O2. The highest BCUT2D eigenvalue weighted by atomic mass is 16.5. The summed E-state index contributed by atoms with van der Waals surface area (Å²) in [5.41, 5.74) is 6.38. The number of anilines is 2. The number of aromatic nitrogens is 2. The highest BCUT2D eigenvalue weighted by molar-refractivity contribution is 5.67. The van der Waals surface area contributed by atoms with E-state index in [1.165, 1.54) is 6.33 Å². The third-order valence-electron chi connectivity index (χ3n) is 2.55. The van der Waals surface area contributed by atoms with Gasteiger partial charge in [-0.15, -0.1) is 0 Å². The average Bonchev–Trinajstić information content (AvgIpc) is 2.43. The number of rotatable bonds is 5. The van der Waals surface area contributed by atoms with Gasteiger partial charge in [0.05, 0.1) is 7.11 Å². The van der Waals surface area contributed by atoms with Gasteiger partial charge in [0, 0.05) is 6.04 Å². The molecule has 0 fully saturated rings. The Morgan fingerprint density at radius 3 is 2.35 bits per heavy atom. The van der Waals surface area contributed by atoms with Crippen molar-refractivity contribution < 1.29 is 9.47 Å². The molecule has 2 rings (SSSR count). The molecule has 0 amide bonds. The van der Waals surface area contributed by atoms with Crippen LogP contribution in [0, 0.1) is 0 Å². The van der Waals surface area contributed by atoms with Crippen LogP contribution in [0.1, 0.15) is 13.8 Å². The van der Waals surface area contributed by atoms with Gasteiger partial charge in [0.25, 0.3) is 0 Å². The van der Waals surface area contributed by atoms with Crippen LogP contribution in [-0.4, -0.2) is 23.1 Å². The molecule has 1 heterocycles. The molecule has 0 aliphatic carbocycles. The fraction of sp³-hybridized carbons (Fsp3) is 0.286. The van der Waals surface area contributed by atoms with E-state index in [9.17, 15) is 0 Å². The number of hydrogen-bond acceptors (Lipinski definition) is 6. The predicted octanol–water partition coefficient (Wildman–Crippen LogP) is 2.68. The van der Waals surface area contributed by atoms with Gasteiger partial charge in [-0.25, -0.2) is 4.98 Å². The lowest BCUT2D eigenvalue weighted by molar-refractivity contribution is 0.412. The quantitative estimate of drug-likeness (QED) is 0.872. The molecule has 20 heavy (non-hydrogen) atoms. The Labute approximate surface area is 118 Å². The second kappa shape index (κ2) is 6.10. The maximum atomic E-state index is 6.00.